The fourth-order valence-electron chi connectivity index (χ4n) is 4.57. The van der Waals surface area contributed by atoms with Gasteiger partial charge in [-0.3, -0.25) is 4.79 Å². The van der Waals surface area contributed by atoms with Crippen LogP contribution >= 0.6 is 0 Å². The molecule has 190 valence electrons. The van der Waals surface area contributed by atoms with Crippen molar-refractivity contribution >= 4 is 17.6 Å². The zero-order valence-electron chi connectivity index (χ0n) is 21.1. The third kappa shape index (κ3) is 5.58. The number of rotatable bonds is 8. The zero-order chi connectivity index (χ0) is 25.7. The number of aromatic nitrogens is 2. The first-order chi connectivity index (χ1) is 17.4. The Kier molecular flexibility index (Phi) is 8.03. The van der Waals surface area contributed by atoms with E-state index in [1.807, 2.05) is 36.1 Å². The second-order valence-electron chi connectivity index (χ2n) is 9.07. The molecular formula is C28H33FN4O3. The third-order valence-electron chi connectivity index (χ3n) is 6.53. The number of halogens is 1. The molecule has 2 aromatic carbocycles. The number of ether oxygens (including phenoxy) is 1. The summed E-state index contributed by atoms with van der Waals surface area (Å²) in [5, 5.41) is 4.44. The van der Waals surface area contributed by atoms with Crippen molar-refractivity contribution in [2.75, 3.05) is 37.7 Å². The minimum atomic E-state index is -0.503. The van der Waals surface area contributed by atoms with Crippen LogP contribution in [0.4, 0.5) is 10.1 Å². The van der Waals surface area contributed by atoms with Gasteiger partial charge in [-0.1, -0.05) is 32.4 Å². The molecule has 1 amide bonds. The lowest BCUT2D eigenvalue weighted by Crippen LogP contribution is -2.50. The van der Waals surface area contributed by atoms with E-state index in [4.69, 9.17) is 4.74 Å². The molecule has 36 heavy (non-hydrogen) atoms. The van der Waals surface area contributed by atoms with Crippen molar-refractivity contribution in [2.24, 2.45) is 5.92 Å². The van der Waals surface area contributed by atoms with Crippen molar-refractivity contribution in [1.82, 2.24) is 14.7 Å². The van der Waals surface area contributed by atoms with Gasteiger partial charge in [0.25, 0.3) is 0 Å². The SMILES string of the molecule is CCC[C@H](C)C(=O)N1CCN(c2ccc(-c3cc(C(=O)OCC)nn3-c3ccc(F)cc3)cc2)CC1. The highest BCUT2D eigenvalue weighted by atomic mass is 19.1. The average Bonchev–Trinajstić information content (AvgIpc) is 3.35. The van der Waals surface area contributed by atoms with E-state index in [1.54, 1.807) is 29.8 Å². The van der Waals surface area contributed by atoms with E-state index in [1.165, 1.54) is 12.1 Å². The number of anilines is 1. The summed E-state index contributed by atoms with van der Waals surface area (Å²) in [5.41, 5.74) is 3.48. The molecule has 1 aromatic heterocycles. The Balaban J connectivity index is 1.53. The first kappa shape index (κ1) is 25.4. The molecule has 7 nitrogen and oxygen atoms in total. The van der Waals surface area contributed by atoms with Crippen molar-refractivity contribution in [1.29, 1.82) is 0 Å². The normalized spacial score (nSPS) is 14.6. The van der Waals surface area contributed by atoms with Crippen molar-refractivity contribution in [2.45, 2.75) is 33.6 Å². The summed E-state index contributed by atoms with van der Waals surface area (Å²) in [6.45, 7) is 9.12. The number of carbonyl (C=O) groups excluding carboxylic acids is 2. The number of piperazine rings is 1. The van der Waals surface area contributed by atoms with E-state index >= 15 is 0 Å². The number of esters is 1. The van der Waals surface area contributed by atoms with Gasteiger partial charge in [-0.05, 0) is 55.8 Å². The maximum absolute atomic E-state index is 13.5. The lowest BCUT2D eigenvalue weighted by Gasteiger charge is -2.37. The monoisotopic (exact) mass is 492 g/mol. The minimum absolute atomic E-state index is 0.0753. The molecule has 0 radical (unpaired) electrons. The molecular weight excluding hydrogens is 459 g/mol. The Morgan fingerprint density at radius 1 is 0.972 bits per heavy atom. The van der Waals surface area contributed by atoms with E-state index in [0.717, 1.165) is 50.3 Å². The molecule has 0 bridgehead atoms. The molecule has 4 rings (SSSR count). The molecule has 0 saturated carbocycles. The lowest BCUT2D eigenvalue weighted by atomic mass is 10.0. The second kappa shape index (κ2) is 11.4. The van der Waals surface area contributed by atoms with Crippen LogP contribution in [-0.2, 0) is 9.53 Å². The van der Waals surface area contributed by atoms with Crippen LogP contribution in [0.1, 0.15) is 44.1 Å². The van der Waals surface area contributed by atoms with Crippen molar-refractivity contribution in [3.63, 3.8) is 0 Å². The van der Waals surface area contributed by atoms with Gasteiger partial charge in [0.1, 0.15) is 5.82 Å². The predicted octanol–water partition coefficient (Wildman–Crippen LogP) is 4.94. The Bertz CT molecular complexity index is 1180. The molecule has 1 aliphatic rings. The third-order valence-corrected chi connectivity index (χ3v) is 6.53. The van der Waals surface area contributed by atoms with Gasteiger partial charge < -0.3 is 14.5 Å². The van der Waals surface area contributed by atoms with E-state index in [9.17, 15) is 14.0 Å². The molecule has 3 aromatic rings. The molecule has 1 fully saturated rings. The average molecular weight is 493 g/mol. The predicted molar refractivity (Wildman–Crippen MR) is 138 cm³/mol. The maximum atomic E-state index is 13.5. The molecule has 1 atom stereocenters. The van der Waals surface area contributed by atoms with Gasteiger partial charge in [0.15, 0.2) is 5.69 Å². The number of nitrogens with zero attached hydrogens (tertiary/aromatic N) is 4. The van der Waals surface area contributed by atoms with Crippen LogP contribution in [0.5, 0.6) is 0 Å². The Labute approximate surface area is 211 Å². The fraction of sp³-hybridized carbons (Fsp3) is 0.393. The van der Waals surface area contributed by atoms with Gasteiger partial charge in [-0.2, -0.15) is 5.10 Å². The molecule has 0 unspecified atom stereocenters. The van der Waals surface area contributed by atoms with Gasteiger partial charge >= 0.3 is 5.97 Å². The maximum Gasteiger partial charge on any atom is 0.358 e. The van der Waals surface area contributed by atoms with Gasteiger partial charge in [-0.15, -0.1) is 0 Å². The number of amides is 1. The summed E-state index contributed by atoms with van der Waals surface area (Å²) >= 11 is 0. The zero-order valence-corrected chi connectivity index (χ0v) is 21.1. The summed E-state index contributed by atoms with van der Waals surface area (Å²) < 4.78 is 20.3. The van der Waals surface area contributed by atoms with Crippen LogP contribution < -0.4 is 4.90 Å². The smallest absolute Gasteiger partial charge is 0.358 e. The first-order valence-corrected chi connectivity index (χ1v) is 12.6. The topological polar surface area (TPSA) is 67.7 Å². The molecule has 1 saturated heterocycles. The number of hydrogen-bond donors (Lipinski definition) is 0. The highest BCUT2D eigenvalue weighted by Gasteiger charge is 2.25. The minimum Gasteiger partial charge on any atom is -0.461 e. The van der Waals surface area contributed by atoms with Gasteiger partial charge in [0, 0.05) is 43.3 Å². The first-order valence-electron chi connectivity index (χ1n) is 12.6. The highest BCUT2D eigenvalue weighted by Crippen LogP contribution is 2.28. The van der Waals surface area contributed by atoms with Crippen LogP contribution in [0.25, 0.3) is 16.9 Å². The largest absolute Gasteiger partial charge is 0.461 e. The Morgan fingerprint density at radius 3 is 2.22 bits per heavy atom. The molecule has 0 spiro atoms. The quantitative estimate of drug-likeness (QED) is 0.417. The highest BCUT2D eigenvalue weighted by molar-refractivity contribution is 5.89. The second-order valence-corrected chi connectivity index (χ2v) is 9.07. The fourth-order valence-corrected chi connectivity index (χ4v) is 4.57. The number of benzene rings is 2. The number of hydrogen-bond acceptors (Lipinski definition) is 5. The van der Waals surface area contributed by atoms with Crippen LogP contribution in [-0.4, -0.2) is 59.3 Å². The van der Waals surface area contributed by atoms with Crippen molar-refractivity contribution in [3.8, 4) is 16.9 Å². The van der Waals surface area contributed by atoms with E-state index in [2.05, 4.69) is 16.9 Å². The number of carbonyl (C=O) groups is 2. The van der Waals surface area contributed by atoms with Crippen LogP contribution in [0.2, 0.25) is 0 Å². The molecule has 0 aliphatic carbocycles. The van der Waals surface area contributed by atoms with E-state index in [-0.39, 0.29) is 29.9 Å². The van der Waals surface area contributed by atoms with E-state index < -0.39 is 5.97 Å². The van der Waals surface area contributed by atoms with Crippen LogP contribution in [0.3, 0.4) is 0 Å². The van der Waals surface area contributed by atoms with Crippen molar-refractivity contribution in [3.05, 3.63) is 66.1 Å². The Morgan fingerprint density at radius 2 is 1.61 bits per heavy atom. The Hall–Kier alpha value is -3.68. The van der Waals surface area contributed by atoms with Crippen LogP contribution in [0, 0.1) is 11.7 Å². The van der Waals surface area contributed by atoms with E-state index in [0.29, 0.717) is 11.4 Å². The summed E-state index contributed by atoms with van der Waals surface area (Å²) in [4.78, 5) is 29.2. The summed E-state index contributed by atoms with van der Waals surface area (Å²) in [6.07, 6.45) is 1.94. The lowest BCUT2D eigenvalue weighted by molar-refractivity contribution is -0.135. The van der Waals surface area contributed by atoms with Gasteiger partial charge in [0.2, 0.25) is 5.91 Å². The molecule has 2 heterocycles. The summed E-state index contributed by atoms with van der Waals surface area (Å²) in [7, 11) is 0. The van der Waals surface area contributed by atoms with Crippen molar-refractivity contribution < 1.29 is 18.7 Å². The van der Waals surface area contributed by atoms with Gasteiger partial charge in [-0.25, -0.2) is 13.9 Å². The molecule has 0 N–H and O–H groups in total. The standard InChI is InChI=1S/C28H33FN4O3/c1-4-6-20(3)27(34)32-17-15-31(16-18-32)23-11-7-21(8-12-23)26-19-25(28(35)36-5-2)30-33(26)24-13-9-22(29)10-14-24/h7-14,19-20H,4-6,15-18H2,1-3H3/t20-/m0/s1. The summed E-state index contributed by atoms with van der Waals surface area (Å²) in [5.74, 6) is -0.523. The summed E-state index contributed by atoms with van der Waals surface area (Å²) in [6, 6.07) is 15.7. The molecule has 8 heteroatoms. The van der Waals surface area contributed by atoms with Crippen LogP contribution in [0.15, 0.2) is 54.6 Å². The molecule has 1 aliphatic heterocycles. The van der Waals surface area contributed by atoms with Gasteiger partial charge in [0.05, 0.1) is 18.0 Å².